The van der Waals surface area contributed by atoms with Crippen molar-refractivity contribution in [1.29, 1.82) is 0 Å². The quantitative estimate of drug-likeness (QED) is 0.924. The van der Waals surface area contributed by atoms with E-state index in [1.54, 1.807) is 6.20 Å². The lowest BCUT2D eigenvalue weighted by molar-refractivity contribution is 0.0652. The molecule has 20 heavy (non-hydrogen) atoms. The number of nitrogens with zero attached hydrogens (tertiary/aromatic N) is 2. The maximum absolute atomic E-state index is 12.6. The van der Waals surface area contributed by atoms with Gasteiger partial charge in [0.15, 0.2) is 0 Å². The highest BCUT2D eigenvalue weighted by Crippen LogP contribution is 2.33. The summed E-state index contributed by atoms with van der Waals surface area (Å²) in [4.78, 5) is 15.5. The summed E-state index contributed by atoms with van der Waals surface area (Å²) in [5, 5.41) is 9.10. The van der Waals surface area contributed by atoms with Gasteiger partial charge in [-0.15, -0.1) is 11.3 Å². The zero-order valence-electron chi connectivity index (χ0n) is 11.8. The van der Waals surface area contributed by atoms with Gasteiger partial charge in [0.05, 0.1) is 4.88 Å². The Labute approximate surface area is 122 Å². The number of rotatable bonds is 2. The first-order valence-electron chi connectivity index (χ1n) is 6.93. The van der Waals surface area contributed by atoms with Gasteiger partial charge in [-0.2, -0.15) is 5.10 Å². The minimum atomic E-state index is -0.0183. The number of likely N-dealkylation sites (tertiary alicyclic amines) is 1. The molecular weight excluding hydrogens is 270 g/mol. The van der Waals surface area contributed by atoms with E-state index in [-0.39, 0.29) is 11.3 Å². The number of aryl methyl sites for hydroxylation is 1. The zero-order valence-corrected chi connectivity index (χ0v) is 12.7. The number of carbonyl (C=O) groups excluding carboxylic acids is 1. The minimum Gasteiger partial charge on any atom is -0.337 e. The summed E-state index contributed by atoms with van der Waals surface area (Å²) in [5.74, 6) is 0.169. The van der Waals surface area contributed by atoms with E-state index >= 15 is 0 Å². The van der Waals surface area contributed by atoms with E-state index in [1.165, 1.54) is 11.3 Å². The van der Waals surface area contributed by atoms with Gasteiger partial charge in [0.1, 0.15) is 0 Å². The highest BCUT2D eigenvalue weighted by atomic mass is 32.1. The number of thiophene rings is 1. The molecule has 1 aliphatic rings. The van der Waals surface area contributed by atoms with E-state index < -0.39 is 0 Å². The Hall–Kier alpha value is -1.62. The van der Waals surface area contributed by atoms with Crippen LogP contribution < -0.4 is 0 Å². The van der Waals surface area contributed by atoms with Gasteiger partial charge in [-0.05, 0) is 42.8 Å². The van der Waals surface area contributed by atoms with E-state index in [1.807, 2.05) is 29.3 Å². The third-order valence-electron chi connectivity index (χ3n) is 4.19. The number of aromatic nitrogens is 2. The number of piperidine rings is 1. The highest BCUT2D eigenvalue weighted by Gasteiger charge is 2.36. The van der Waals surface area contributed by atoms with Crippen molar-refractivity contribution in [3.63, 3.8) is 0 Å². The van der Waals surface area contributed by atoms with Crippen LogP contribution in [0.2, 0.25) is 0 Å². The summed E-state index contributed by atoms with van der Waals surface area (Å²) in [5.41, 5.74) is 2.18. The van der Waals surface area contributed by atoms with Crippen LogP contribution in [-0.2, 0) is 5.41 Å². The van der Waals surface area contributed by atoms with Crippen molar-refractivity contribution in [1.82, 2.24) is 15.1 Å². The maximum atomic E-state index is 12.6. The van der Waals surface area contributed by atoms with Gasteiger partial charge in [0.2, 0.25) is 0 Å². The van der Waals surface area contributed by atoms with Gasteiger partial charge < -0.3 is 4.90 Å². The van der Waals surface area contributed by atoms with Gasteiger partial charge in [-0.1, -0.05) is 6.92 Å². The van der Waals surface area contributed by atoms with Crippen LogP contribution in [0.15, 0.2) is 23.7 Å². The molecule has 3 heterocycles. The number of aromatic amines is 1. The Balaban J connectivity index is 1.82. The molecule has 2 aromatic rings. The van der Waals surface area contributed by atoms with Crippen LogP contribution in [0.3, 0.4) is 0 Å². The molecule has 1 saturated heterocycles. The molecule has 1 fully saturated rings. The van der Waals surface area contributed by atoms with E-state index in [0.717, 1.165) is 42.1 Å². The second kappa shape index (κ2) is 5.05. The van der Waals surface area contributed by atoms with Crippen LogP contribution in [0.1, 0.15) is 40.7 Å². The Morgan fingerprint density at radius 2 is 2.35 bits per heavy atom. The molecular formula is C15H19N3OS. The van der Waals surface area contributed by atoms with Crippen molar-refractivity contribution in [2.45, 2.75) is 32.1 Å². The van der Waals surface area contributed by atoms with Crippen molar-refractivity contribution in [2.75, 3.05) is 13.1 Å². The molecule has 0 unspecified atom stereocenters. The van der Waals surface area contributed by atoms with E-state index in [9.17, 15) is 4.79 Å². The predicted octanol–water partition coefficient (Wildman–Crippen LogP) is 2.97. The van der Waals surface area contributed by atoms with Crippen LogP contribution in [0.25, 0.3) is 0 Å². The van der Waals surface area contributed by atoms with Crippen LogP contribution in [0, 0.1) is 6.92 Å². The fourth-order valence-corrected chi connectivity index (χ4v) is 3.85. The van der Waals surface area contributed by atoms with Crippen molar-refractivity contribution in [3.8, 4) is 0 Å². The van der Waals surface area contributed by atoms with Crippen molar-refractivity contribution in [2.24, 2.45) is 0 Å². The smallest absolute Gasteiger partial charge is 0.264 e. The monoisotopic (exact) mass is 289 g/mol. The third-order valence-corrected chi connectivity index (χ3v) is 5.20. The second-order valence-electron chi connectivity index (χ2n) is 5.79. The Morgan fingerprint density at radius 1 is 1.50 bits per heavy atom. The van der Waals surface area contributed by atoms with E-state index in [0.29, 0.717) is 0 Å². The van der Waals surface area contributed by atoms with Crippen LogP contribution in [0.5, 0.6) is 0 Å². The lowest BCUT2D eigenvalue weighted by atomic mass is 9.79. The lowest BCUT2D eigenvalue weighted by Crippen LogP contribution is -2.47. The summed E-state index contributed by atoms with van der Waals surface area (Å²) < 4.78 is 0. The van der Waals surface area contributed by atoms with Crippen LogP contribution >= 0.6 is 11.3 Å². The number of hydrogen-bond donors (Lipinski definition) is 1. The standard InChI is InChI=1S/C15H19N3OS/c1-11-5-9-20-13(11)14(19)18-8-3-6-15(2,10-18)12-4-7-16-17-12/h4-5,7,9H,3,6,8,10H2,1-2H3,(H,16,17)/t15-/m0/s1. The third kappa shape index (κ3) is 2.26. The first kappa shape index (κ1) is 13.4. The van der Waals surface area contributed by atoms with Crippen LogP contribution in [0.4, 0.5) is 0 Å². The number of amides is 1. The summed E-state index contributed by atoms with van der Waals surface area (Å²) in [6.07, 6.45) is 3.90. The second-order valence-corrected chi connectivity index (χ2v) is 6.71. The van der Waals surface area contributed by atoms with Crippen molar-refractivity contribution >= 4 is 17.2 Å². The van der Waals surface area contributed by atoms with Gasteiger partial charge in [0, 0.05) is 30.4 Å². The topological polar surface area (TPSA) is 49.0 Å². The molecule has 0 aliphatic carbocycles. The molecule has 2 aromatic heterocycles. The van der Waals surface area contributed by atoms with Crippen molar-refractivity contribution in [3.05, 3.63) is 39.8 Å². The van der Waals surface area contributed by atoms with Gasteiger partial charge >= 0.3 is 0 Å². The molecule has 0 radical (unpaired) electrons. The molecule has 3 rings (SSSR count). The number of hydrogen-bond acceptors (Lipinski definition) is 3. The van der Waals surface area contributed by atoms with E-state index in [4.69, 9.17) is 0 Å². The van der Waals surface area contributed by atoms with Crippen LogP contribution in [-0.4, -0.2) is 34.1 Å². The minimum absolute atomic E-state index is 0.0183. The van der Waals surface area contributed by atoms with Gasteiger partial charge in [-0.25, -0.2) is 0 Å². The average Bonchev–Trinajstić information content (AvgIpc) is 3.09. The summed E-state index contributed by atoms with van der Waals surface area (Å²) in [6, 6.07) is 4.03. The summed E-state index contributed by atoms with van der Waals surface area (Å²) in [6.45, 7) is 5.81. The summed E-state index contributed by atoms with van der Waals surface area (Å²) >= 11 is 1.54. The molecule has 1 N–H and O–H groups in total. The molecule has 1 aliphatic heterocycles. The molecule has 0 aromatic carbocycles. The maximum Gasteiger partial charge on any atom is 0.264 e. The normalized spacial score (nSPS) is 23.0. The SMILES string of the molecule is Cc1ccsc1C(=O)N1CCC[C@](C)(c2ccn[nH]2)C1. The molecule has 106 valence electrons. The molecule has 1 atom stereocenters. The number of carbonyl (C=O) groups is 1. The molecule has 1 amide bonds. The van der Waals surface area contributed by atoms with Gasteiger partial charge in [0.25, 0.3) is 5.91 Å². The molecule has 0 saturated carbocycles. The lowest BCUT2D eigenvalue weighted by Gasteiger charge is -2.39. The van der Waals surface area contributed by atoms with Crippen molar-refractivity contribution < 1.29 is 4.79 Å². The Morgan fingerprint density at radius 3 is 3.00 bits per heavy atom. The largest absolute Gasteiger partial charge is 0.337 e. The fourth-order valence-electron chi connectivity index (χ4n) is 2.96. The zero-order chi connectivity index (χ0) is 14.2. The molecule has 5 heteroatoms. The Bertz CT molecular complexity index is 604. The fraction of sp³-hybridized carbons (Fsp3) is 0.467. The molecule has 0 spiro atoms. The number of H-pyrrole nitrogens is 1. The Kier molecular flexibility index (Phi) is 3.38. The molecule has 0 bridgehead atoms. The van der Waals surface area contributed by atoms with Gasteiger partial charge in [-0.3, -0.25) is 9.89 Å². The molecule has 4 nitrogen and oxygen atoms in total. The first-order valence-corrected chi connectivity index (χ1v) is 7.81. The average molecular weight is 289 g/mol. The number of nitrogens with one attached hydrogen (secondary N) is 1. The highest BCUT2D eigenvalue weighted by molar-refractivity contribution is 7.12. The predicted molar refractivity (Wildman–Crippen MR) is 80.1 cm³/mol. The summed E-state index contributed by atoms with van der Waals surface area (Å²) in [7, 11) is 0. The first-order chi connectivity index (χ1) is 9.60. The van der Waals surface area contributed by atoms with E-state index in [2.05, 4.69) is 17.1 Å².